The highest BCUT2D eigenvalue weighted by Gasteiger charge is 2.27. The van der Waals surface area contributed by atoms with Crippen LogP contribution in [0, 0.1) is 5.92 Å². The number of unbranched alkanes of at least 4 members (excludes halogenated alkanes) is 3. The molecule has 2 rings (SSSR count). The van der Waals surface area contributed by atoms with Crippen molar-refractivity contribution in [3.63, 3.8) is 0 Å². The molecule has 1 atom stereocenters. The van der Waals surface area contributed by atoms with Gasteiger partial charge < -0.3 is 4.90 Å². The minimum Gasteiger partial charge on any atom is -0.354 e. The average Bonchev–Trinajstić information content (AvgIpc) is 2.78. The Morgan fingerprint density at radius 1 is 1.37 bits per heavy atom. The van der Waals surface area contributed by atoms with E-state index in [0.29, 0.717) is 5.92 Å². The van der Waals surface area contributed by atoms with Crippen LogP contribution < -0.4 is 0 Å². The topological polar surface area (TPSA) is 15.6 Å². The van der Waals surface area contributed by atoms with Gasteiger partial charge in [0.1, 0.15) is 0 Å². The molecule has 0 aromatic rings. The molecule has 0 saturated carbocycles. The van der Waals surface area contributed by atoms with Gasteiger partial charge in [-0.05, 0) is 49.3 Å². The summed E-state index contributed by atoms with van der Waals surface area (Å²) in [6.45, 7) is 5.57. The van der Waals surface area contributed by atoms with Gasteiger partial charge in [0.25, 0.3) is 0 Å². The van der Waals surface area contributed by atoms with Crippen LogP contribution in [0.25, 0.3) is 0 Å². The van der Waals surface area contributed by atoms with Crippen LogP contribution in [0.5, 0.6) is 0 Å². The van der Waals surface area contributed by atoms with Gasteiger partial charge in [-0.1, -0.05) is 32.3 Å². The Kier molecular flexibility index (Phi) is 5.32. The first-order valence-corrected chi connectivity index (χ1v) is 7.70. The van der Waals surface area contributed by atoms with E-state index < -0.39 is 0 Å². The molecule has 1 unspecified atom stereocenters. The smallest absolute Gasteiger partial charge is 0.0401 e. The maximum atomic E-state index is 3.98. The molecule has 0 bridgehead atoms. The van der Waals surface area contributed by atoms with E-state index in [0.717, 1.165) is 13.0 Å². The SMILES string of the molecule is CCCCCCN1C=C(/C=N/S)C2CC=C(C)C2=C1. The average molecular weight is 276 g/mol. The molecular formula is C16H24N2S. The van der Waals surface area contributed by atoms with Crippen LogP contribution in [-0.4, -0.2) is 17.7 Å². The third-order valence-electron chi connectivity index (χ3n) is 3.99. The Labute approximate surface area is 122 Å². The monoisotopic (exact) mass is 276 g/mol. The number of hydrogen-bond acceptors (Lipinski definition) is 3. The van der Waals surface area contributed by atoms with Gasteiger partial charge in [-0.15, -0.1) is 0 Å². The molecule has 0 spiro atoms. The second-order valence-electron chi connectivity index (χ2n) is 5.43. The lowest BCUT2D eigenvalue weighted by Crippen LogP contribution is -2.21. The van der Waals surface area contributed by atoms with Gasteiger partial charge in [0.2, 0.25) is 0 Å². The molecule has 0 N–H and O–H groups in total. The molecule has 0 aromatic heterocycles. The van der Waals surface area contributed by atoms with Crippen molar-refractivity contribution in [3.8, 4) is 0 Å². The summed E-state index contributed by atoms with van der Waals surface area (Å²) in [7, 11) is 0. The standard InChI is InChI=1S/C16H24N2S/c1-3-4-5-6-9-18-11-14(10-17-19)15-8-7-13(2)16(15)12-18/h7,10-12,15,19H,3-6,8-9H2,1-2H3/b17-10+. The van der Waals surface area contributed by atoms with Crippen molar-refractivity contribution in [1.82, 2.24) is 4.90 Å². The van der Waals surface area contributed by atoms with Gasteiger partial charge in [0.05, 0.1) is 0 Å². The molecule has 1 aliphatic heterocycles. The fourth-order valence-corrected chi connectivity index (χ4v) is 2.99. The number of nitrogens with zero attached hydrogens (tertiary/aromatic N) is 2. The van der Waals surface area contributed by atoms with E-state index in [9.17, 15) is 0 Å². The highest BCUT2D eigenvalue weighted by atomic mass is 32.1. The minimum atomic E-state index is 0.503. The van der Waals surface area contributed by atoms with Gasteiger partial charge in [-0.3, -0.25) is 0 Å². The fraction of sp³-hybridized carbons (Fsp3) is 0.562. The highest BCUT2D eigenvalue weighted by Crippen LogP contribution is 2.38. The van der Waals surface area contributed by atoms with Gasteiger partial charge in [-0.2, -0.15) is 0 Å². The van der Waals surface area contributed by atoms with Crippen molar-refractivity contribution in [2.45, 2.75) is 46.0 Å². The molecule has 104 valence electrons. The van der Waals surface area contributed by atoms with Crippen LogP contribution >= 0.6 is 12.8 Å². The lowest BCUT2D eigenvalue weighted by Gasteiger charge is -2.27. The van der Waals surface area contributed by atoms with Crippen LogP contribution in [0.15, 0.2) is 39.6 Å². The molecule has 3 heteroatoms. The Morgan fingerprint density at radius 3 is 2.95 bits per heavy atom. The van der Waals surface area contributed by atoms with E-state index in [1.807, 2.05) is 6.21 Å². The maximum Gasteiger partial charge on any atom is 0.0401 e. The number of fused-ring (bicyclic) bond motifs is 1. The van der Waals surface area contributed by atoms with E-state index in [1.165, 1.54) is 42.4 Å². The first-order valence-electron chi connectivity index (χ1n) is 7.30. The van der Waals surface area contributed by atoms with E-state index in [2.05, 4.69) is 54.4 Å². The van der Waals surface area contributed by atoms with E-state index in [4.69, 9.17) is 0 Å². The first-order chi connectivity index (χ1) is 9.26. The minimum absolute atomic E-state index is 0.503. The van der Waals surface area contributed by atoms with Crippen LogP contribution in [-0.2, 0) is 0 Å². The van der Waals surface area contributed by atoms with E-state index >= 15 is 0 Å². The summed E-state index contributed by atoms with van der Waals surface area (Å²) in [6, 6.07) is 0. The molecule has 2 aliphatic rings. The van der Waals surface area contributed by atoms with Crippen molar-refractivity contribution >= 4 is 19.0 Å². The van der Waals surface area contributed by atoms with Gasteiger partial charge in [-0.25, -0.2) is 4.40 Å². The lowest BCUT2D eigenvalue weighted by molar-refractivity contribution is 0.451. The van der Waals surface area contributed by atoms with Crippen molar-refractivity contribution in [2.75, 3.05) is 6.54 Å². The Morgan fingerprint density at radius 2 is 2.21 bits per heavy atom. The third-order valence-corrected chi connectivity index (χ3v) is 4.10. The zero-order valence-corrected chi connectivity index (χ0v) is 12.9. The fourth-order valence-electron chi connectivity index (χ4n) is 2.86. The number of hydrogen-bond donors (Lipinski definition) is 1. The molecule has 2 nitrogen and oxygen atoms in total. The Hall–Kier alpha value is -0.960. The summed E-state index contributed by atoms with van der Waals surface area (Å²) in [6.07, 6.45) is 15.1. The summed E-state index contributed by atoms with van der Waals surface area (Å²) in [5.74, 6) is 0.503. The van der Waals surface area contributed by atoms with Crippen molar-refractivity contribution in [3.05, 3.63) is 35.2 Å². The van der Waals surface area contributed by atoms with E-state index in [-0.39, 0.29) is 0 Å². The van der Waals surface area contributed by atoms with Crippen LogP contribution in [0.1, 0.15) is 46.0 Å². The number of allylic oxidation sites excluding steroid dienone is 4. The molecule has 0 fully saturated rings. The number of rotatable bonds is 6. The second-order valence-corrected chi connectivity index (χ2v) is 5.66. The van der Waals surface area contributed by atoms with Crippen LogP contribution in [0.4, 0.5) is 0 Å². The normalized spacial score (nSPS) is 22.4. The zero-order chi connectivity index (χ0) is 13.7. The first kappa shape index (κ1) is 14.4. The molecule has 1 aliphatic carbocycles. The Balaban J connectivity index is 2.04. The van der Waals surface area contributed by atoms with Crippen molar-refractivity contribution < 1.29 is 0 Å². The highest BCUT2D eigenvalue weighted by molar-refractivity contribution is 7.79. The van der Waals surface area contributed by atoms with Gasteiger partial charge in [0, 0.05) is 31.1 Å². The molecule has 0 amide bonds. The van der Waals surface area contributed by atoms with Gasteiger partial charge in [0.15, 0.2) is 0 Å². The summed E-state index contributed by atoms with van der Waals surface area (Å²) in [5.41, 5.74) is 4.17. The lowest BCUT2D eigenvalue weighted by atomic mass is 9.90. The maximum absolute atomic E-state index is 3.98. The second kappa shape index (κ2) is 6.99. The largest absolute Gasteiger partial charge is 0.354 e. The molecule has 0 aromatic carbocycles. The number of thiol groups is 1. The van der Waals surface area contributed by atoms with Crippen LogP contribution in [0.3, 0.4) is 0 Å². The summed E-state index contributed by atoms with van der Waals surface area (Å²) < 4.78 is 3.91. The Bertz CT molecular complexity index is 432. The predicted molar refractivity (Wildman–Crippen MR) is 86.4 cm³/mol. The summed E-state index contributed by atoms with van der Waals surface area (Å²) >= 11 is 3.98. The zero-order valence-electron chi connectivity index (χ0n) is 12.0. The van der Waals surface area contributed by atoms with Gasteiger partial charge >= 0.3 is 0 Å². The van der Waals surface area contributed by atoms with Crippen molar-refractivity contribution in [2.24, 2.45) is 10.3 Å². The van der Waals surface area contributed by atoms with Crippen LogP contribution in [0.2, 0.25) is 0 Å². The molecule has 0 saturated heterocycles. The quantitative estimate of drug-likeness (QED) is 0.428. The van der Waals surface area contributed by atoms with E-state index in [1.54, 1.807) is 0 Å². The molecule has 19 heavy (non-hydrogen) atoms. The molecular weight excluding hydrogens is 252 g/mol. The summed E-state index contributed by atoms with van der Waals surface area (Å²) in [4.78, 5) is 2.33. The summed E-state index contributed by atoms with van der Waals surface area (Å²) in [5, 5.41) is 0. The predicted octanol–water partition coefficient (Wildman–Crippen LogP) is 4.53. The van der Waals surface area contributed by atoms with Crippen molar-refractivity contribution in [1.29, 1.82) is 0 Å². The molecule has 1 heterocycles. The molecule has 0 radical (unpaired) electrons. The third kappa shape index (κ3) is 3.53.